The molecule has 0 saturated heterocycles. The van der Waals surface area contributed by atoms with E-state index in [0.717, 1.165) is 5.56 Å². The van der Waals surface area contributed by atoms with Gasteiger partial charge in [0, 0.05) is 24.0 Å². The second kappa shape index (κ2) is 5.89. The van der Waals surface area contributed by atoms with Crippen LogP contribution in [0.4, 0.5) is 0 Å². The van der Waals surface area contributed by atoms with Gasteiger partial charge in [0.15, 0.2) is 11.2 Å². The fraction of sp³-hybridized carbons (Fsp3) is 0.176. The molecule has 1 aromatic carbocycles. The summed E-state index contributed by atoms with van der Waals surface area (Å²) in [4.78, 5) is 25.7. The molecule has 0 aliphatic carbocycles. The summed E-state index contributed by atoms with van der Waals surface area (Å²) >= 11 is 0. The van der Waals surface area contributed by atoms with Gasteiger partial charge < -0.3 is 0 Å². The molecule has 3 aromatic rings. The molecule has 22 heavy (non-hydrogen) atoms. The minimum Gasteiger partial charge on any atom is -0.288 e. The lowest BCUT2D eigenvalue weighted by Gasteiger charge is -2.18. The summed E-state index contributed by atoms with van der Waals surface area (Å²) in [5.41, 5.74) is 1.36. The average molecular weight is 292 g/mol. The first-order valence-electron chi connectivity index (χ1n) is 7.12. The molecular formula is C17H16N4O. The molecule has 0 aliphatic rings. The number of benzene rings is 1. The minimum atomic E-state index is -0.175. The van der Waals surface area contributed by atoms with Crippen LogP contribution in [-0.2, 0) is 0 Å². The van der Waals surface area contributed by atoms with Crippen LogP contribution in [0, 0.1) is 0 Å². The molecule has 0 N–H and O–H groups in total. The van der Waals surface area contributed by atoms with E-state index in [1.54, 1.807) is 16.8 Å². The van der Waals surface area contributed by atoms with Gasteiger partial charge in [0.05, 0.1) is 0 Å². The van der Waals surface area contributed by atoms with Crippen molar-refractivity contribution in [2.24, 2.45) is 0 Å². The average Bonchev–Trinajstić information content (AvgIpc) is 2.55. The van der Waals surface area contributed by atoms with Crippen LogP contribution in [0.5, 0.6) is 0 Å². The lowest BCUT2D eigenvalue weighted by Crippen LogP contribution is -2.27. The second-order valence-electron chi connectivity index (χ2n) is 5.08. The fourth-order valence-electron chi connectivity index (χ4n) is 2.47. The summed E-state index contributed by atoms with van der Waals surface area (Å²) in [6.45, 7) is 5.73. The summed E-state index contributed by atoms with van der Waals surface area (Å²) < 4.78 is 1.67. The first kappa shape index (κ1) is 14.1. The van der Waals surface area contributed by atoms with E-state index in [1.807, 2.05) is 37.3 Å². The van der Waals surface area contributed by atoms with Gasteiger partial charge in [-0.2, -0.15) is 0 Å². The first-order valence-corrected chi connectivity index (χ1v) is 7.12. The zero-order valence-corrected chi connectivity index (χ0v) is 12.3. The van der Waals surface area contributed by atoms with Gasteiger partial charge in [-0.15, -0.1) is 6.58 Å². The van der Waals surface area contributed by atoms with Crippen LogP contribution in [0.1, 0.15) is 19.4 Å². The van der Waals surface area contributed by atoms with Crippen LogP contribution in [0.3, 0.4) is 0 Å². The minimum absolute atomic E-state index is 0.0564. The lowest BCUT2D eigenvalue weighted by molar-refractivity contribution is 0.538. The molecular weight excluding hydrogens is 276 g/mol. The van der Waals surface area contributed by atoms with Crippen molar-refractivity contribution in [2.75, 3.05) is 0 Å². The Morgan fingerprint density at radius 3 is 2.68 bits per heavy atom. The Morgan fingerprint density at radius 2 is 1.95 bits per heavy atom. The molecule has 1 unspecified atom stereocenters. The maximum absolute atomic E-state index is 12.8. The second-order valence-corrected chi connectivity index (χ2v) is 5.08. The molecule has 0 spiro atoms. The Bertz CT molecular complexity index is 871. The van der Waals surface area contributed by atoms with Crippen LogP contribution < -0.4 is 5.56 Å². The van der Waals surface area contributed by atoms with E-state index < -0.39 is 0 Å². The highest BCUT2D eigenvalue weighted by atomic mass is 16.1. The van der Waals surface area contributed by atoms with Crippen LogP contribution >= 0.6 is 0 Å². The molecule has 5 heteroatoms. The fourth-order valence-corrected chi connectivity index (χ4v) is 2.47. The van der Waals surface area contributed by atoms with Crippen molar-refractivity contribution < 1.29 is 0 Å². The normalized spacial score (nSPS) is 12.2. The Morgan fingerprint density at radius 1 is 1.23 bits per heavy atom. The van der Waals surface area contributed by atoms with E-state index >= 15 is 0 Å². The number of hydrogen-bond acceptors (Lipinski definition) is 4. The van der Waals surface area contributed by atoms with Gasteiger partial charge in [0.1, 0.15) is 5.82 Å². The van der Waals surface area contributed by atoms with Gasteiger partial charge >= 0.3 is 0 Å². The lowest BCUT2D eigenvalue weighted by atomic mass is 10.1. The van der Waals surface area contributed by atoms with E-state index in [2.05, 4.69) is 21.5 Å². The Kier molecular flexibility index (Phi) is 3.78. The van der Waals surface area contributed by atoms with E-state index in [9.17, 15) is 4.79 Å². The van der Waals surface area contributed by atoms with Crippen molar-refractivity contribution in [1.82, 2.24) is 19.5 Å². The van der Waals surface area contributed by atoms with E-state index in [-0.39, 0.29) is 17.1 Å². The summed E-state index contributed by atoms with van der Waals surface area (Å²) in [5, 5.41) is 0. The van der Waals surface area contributed by atoms with Crippen LogP contribution in [0.25, 0.3) is 22.6 Å². The predicted octanol–water partition coefficient (Wildman–Crippen LogP) is 2.99. The SMILES string of the molecule is C=CCC(C)n1c(-c2ccccc2)nc2nccnc2c1=O. The van der Waals surface area contributed by atoms with Crippen molar-refractivity contribution in [2.45, 2.75) is 19.4 Å². The van der Waals surface area contributed by atoms with Crippen molar-refractivity contribution in [3.8, 4) is 11.4 Å². The molecule has 1 atom stereocenters. The molecule has 110 valence electrons. The van der Waals surface area contributed by atoms with Crippen molar-refractivity contribution in [3.63, 3.8) is 0 Å². The predicted molar refractivity (Wildman–Crippen MR) is 86.6 cm³/mol. The summed E-state index contributed by atoms with van der Waals surface area (Å²) in [5.74, 6) is 0.605. The van der Waals surface area contributed by atoms with Gasteiger partial charge in [-0.05, 0) is 13.3 Å². The van der Waals surface area contributed by atoms with Crippen molar-refractivity contribution >= 4 is 11.2 Å². The summed E-state index contributed by atoms with van der Waals surface area (Å²) in [7, 11) is 0. The molecule has 0 aliphatic heterocycles. The van der Waals surface area contributed by atoms with E-state index in [1.165, 1.54) is 6.20 Å². The van der Waals surface area contributed by atoms with Crippen molar-refractivity contribution in [3.05, 3.63) is 65.7 Å². The molecule has 0 bridgehead atoms. The quantitative estimate of drug-likeness (QED) is 0.694. The molecule has 5 nitrogen and oxygen atoms in total. The maximum Gasteiger partial charge on any atom is 0.282 e. The molecule has 0 saturated carbocycles. The molecule has 0 fully saturated rings. The monoisotopic (exact) mass is 292 g/mol. The number of nitrogens with zero attached hydrogens (tertiary/aromatic N) is 4. The first-order chi connectivity index (χ1) is 10.7. The highest BCUT2D eigenvalue weighted by Gasteiger charge is 2.17. The third kappa shape index (κ3) is 2.41. The molecule has 0 radical (unpaired) electrons. The topological polar surface area (TPSA) is 60.7 Å². The number of fused-ring (bicyclic) bond motifs is 1. The van der Waals surface area contributed by atoms with Crippen molar-refractivity contribution in [1.29, 1.82) is 0 Å². The zero-order chi connectivity index (χ0) is 15.5. The highest BCUT2D eigenvalue weighted by molar-refractivity contribution is 5.71. The molecule has 3 rings (SSSR count). The van der Waals surface area contributed by atoms with E-state index in [4.69, 9.17) is 0 Å². The maximum atomic E-state index is 12.8. The standard InChI is InChI=1S/C17H16N4O/c1-3-7-12(2)21-16(13-8-5-4-6-9-13)20-15-14(17(21)22)18-10-11-19-15/h3-6,8-12H,1,7H2,2H3. The number of aromatic nitrogens is 4. The number of rotatable bonds is 4. The van der Waals surface area contributed by atoms with Crippen LogP contribution in [0.2, 0.25) is 0 Å². The Balaban J connectivity index is 2.35. The van der Waals surface area contributed by atoms with E-state index in [0.29, 0.717) is 17.9 Å². The van der Waals surface area contributed by atoms with Gasteiger partial charge in [-0.3, -0.25) is 9.36 Å². The van der Waals surface area contributed by atoms with Gasteiger partial charge in [-0.1, -0.05) is 36.4 Å². The van der Waals surface area contributed by atoms with Gasteiger partial charge in [0.2, 0.25) is 0 Å². The third-order valence-corrected chi connectivity index (χ3v) is 3.52. The number of allylic oxidation sites excluding steroid dienone is 1. The summed E-state index contributed by atoms with van der Waals surface area (Å²) in [6.07, 6.45) is 5.52. The molecule has 2 heterocycles. The molecule has 2 aromatic heterocycles. The van der Waals surface area contributed by atoms with Gasteiger partial charge in [0.25, 0.3) is 5.56 Å². The largest absolute Gasteiger partial charge is 0.288 e. The number of hydrogen-bond donors (Lipinski definition) is 0. The smallest absolute Gasteiger partial charge is 0.282 e. The summed E-state index contributed by atoms with van der Waals surface area (Å²) in [6, 6.07) is 9.58. The van der Waals surface area contributed by atoms with Crippen LogP contribution in [-0.4, -0.2) is 19.5 Å². The third-order valence-electron chi connectivity index (χ3n) is 3.52. The highest BCUT2D eigenvalue weighted by Crippen LogP contribution is 2.21. The van der Waals surface area contributed by atoms with Gasteiger partial charge in [-0.25, -0.2) is 15.0 Å². The van der Waals surface area contributed by atoms with Crippen LogP contribution in [0.15, 0.2) is 60.2 Å². The Hall–Kier alpha value is -2.82. The Labute approximate surface area is 128 Å². The zero-order valence-electron chi connectivity index (χ0n) is 12.3. The molecule has 0 amide bonds.